The lowest BCUT2D eigenvalue weighted by molar-refractivity contribution is 0.660. The van der Waals surface area contributed by atoms with E-state index < -0.39 is 0 Å². The van der Waals surface area contributed by atoms with E-state index in [0.29, 0.717) is 0 Å². The monoisotopic (exact) mass is 667 g/mol. The molecule has 2 heterocycles. The number of para-hydroxylation sites is 3. The Bertz CT molecular complexity index is 3070. The van der Waals surface area contributed by atoms with E-state index in [0.717, 1.165) is 72.1 Å². The second-order valence-electron chi connectivity index (χ2n) is 14.5. The molecule has 2 aromatic heterocycles. The zero-order valence-corrected chi connectivity index (χ0v) is 28.9. The molecule has 0 saturated carbocycles. The van der Waals surface area contributed by atoms with Crippen LogP contribution in [0.3, 0.4) is 0 Å². The summed E-state index contributed by atoms with van der Waals surface area (Å²) in [6.07, 6.45) is 0. The summed E-state index contributed by atoms with van der Waals surface area (Å²) < 4.78 is 13.3. The van der Waals surface area contributed by atoms with Crippen molar-refractivity contribution in [1.82, 2.24) is 0 Å². The van der Waals surface area contributed by atoms with E-state index in [4.69, 9.17) is 8.83 Å². The molecule has 0 atom stereocenters. The molecule has 0 bridgehead atoms. The van der Waals surface area contributed by atoms with Gasteiger partial charge in [-0.2, -0.15) is 0 Å². The maximum absolute atomic E-state index is 6.74. The van der Waals surface area contributed by atoms with Crippen LogP contribution in [0.5, 0.6) is 0 Å². The van der Waals surface area contributed by atoms with Gasteiger partial charge in [0, 0.05) is 38.2 Å². The highest BCUT2D eigenvalue weighted by Gasteiger charge is 2.36. The van der Waals surface area contributed by atoms with E-state index in [-0.39, 0.29) is 5.41 Å². The van der Waals surface area contributed by atoms with Gasteiger partial charge in [-0.05, 0) is 87.1 Å². The SMILES string of the molecule is CC1(C)c2ccccc2-c2ccc(N(c3ccccc3-c3cccc4oc5cc6ccccc6cc5c34)c3cccc4c3oc3ccccc34)cc21. The molecule has 246 valence electrons. The molecule has 11 rings (SSSR count). The van der Waals surface area contributed by atoms with Crippen molar-refractivity contribution in [3.8, 4) is 22.3 Å². The van der Waals surface area contributed by atoms with Crippen molar-refractivity contribution in [2.24, 2.45) is 0 Å². The number of anilines is 3. The first-order valence-corrected chi connectivity index (χ1v) is 17.9. The van der Waals surface area contributed by atoms with Crippen molar-refractivity contribution in [1.29, 1.82) is 0 Å². The Morgan fingerprint density at radius 1 is 0.423 bits per heavy atom. The number of rotatable bonds is 4. The Labute approximate surface area is 301 Å². The number of furan rings is 2. The highest BCUT2D eigenvalue weighted by molar-refractivity contribution is 6.17. The summed E-state index contributed by atoms with van der Waals surface area (Å²) in [7, 11) is 0. The minimum absolute atomic E-state index is 0.150. The predicted octanol–water partition coefficient (Wildman–Crippen LogP) is 14.1. The Balaban J connectivity index is 1.20. The van der Waals surface area contributed by atoms with Gasteiger partial charge in [-0.15, -0.1) is 0 Å². The summed E-state index contributed by atoms with van der Waals surface area (Å²) in [6.45, 7) is 4.68. The fraction of sp³-hybridized carbons (Fsp3) is 0.0612. The summed E-state index contributed by atoms with van der Waals surface area (Å²) in [5.74, 6) is 0. The normalized spacial score (nSPS) is 13.3. The smallest absolute Gasteiger partial charge is 0.159 e. The zero-order chi connectivity index (χ0) is 34.6. The van der Waals surface area contributed by atoms with Crippen LogP contribution in [0.25, 0.3) is 76.9 Å². The van der Waals surface area contributed by atoms with Gasteiger partial charge >= 0.3 is 0 Å². The molecule has 0 fully saturated rings. The molecule has 0 radical (unpaired) electrons. The van der Waals surface area contributed by atoms with Crippen LogP contribution in [0.15, 0.2) is 173 Å². The van der Waals surface area contributed by atoms with Crippen LogP contribution in [0.4, 0.5) is 17.1 Å². The van der Waals surface area contributed by atoms with Crippen molar-refractivity contribution in [2.45, 2.75) is 19.3 Å². The van der Waals surface area contributed by atoms with E-state index in [9.17, 15) is 0 Å². The van der Waals surface area contributed by atoms with Crippen LogP contribution in [-0.4, -0.2) is 0 Å². The second-order valence-corrected chi connectivity index (χ2v) is 14.5. The first kappa shape index (κ1) is 29.2. The highest BCUT2D eigenvalue weighted by atomic mass is 16.3. The molecule has 3 heteroatoms. The molecule has 0 aliphatic heterocycles. The molecule has 0 saturated heterocycles. The van der Waals surface area contributed by atoms with Gasteiger partial charge < -0.3 is 13.7 Å². The van der Waals surface area contributed by atoms with E-state index in [2.05, 4.69) is 176 Å². The number of benzene rings is 8. The summed E-state index contributed by atoms with van der Waals surface area (Å²) in [4.78, 5) is 2.40. The van der Waals surface area contributed by atoms with Crippen LogP contribution >= 0.6 is 0 Å². The second kappa shape index (κ2) is 10.7. The van der Waals surface area contributed by atoms with E-state index in [1.807, 2.05) is 6.07 Å². The van der Waals surface area contributed by atoms with E-state index in [1.54, 1.807) is 0 Å². The van der Waals surface area contributed by atoms with Gasteiger partial charge in [-0.25, -0.2) is 0 Å². The van der Waals surface area contributed by atoms with E-state index in [1.165, 1.54) is 33.0 Å². The molecular weight excluding hydrogens is 635 g/mol. The van der Waals surface area contributed by atoms with Gasteiger partial charge in [0.15, 0.2) is 5.58 Å². The molecule has 10 aromatic rings. The van der Waals surface area contributed by atoms with Crippen LogP contribution < -0.4 is 4.90 Å². The highest BCUT2D eigenvalue weighted by Crippen LogP contribution is 2.52. The third-order valence-corrected chi connectivity index (χ3v) is 11.2. The van der Waals surface area contributed by atoms with Crippen molar-refractivity contribution < 1.29 is 8.83 Å². The van der Waals surface area contributed by atoms with Crippen molar-refractivity contribution in [3.63, 3.8) is 0 Å². The molecule has 0 unspecified atom stereocenters. The molecule has 8 aromatic carbocycles. The fourth-order valence-corrected chi connectivity index (χ4v) is 8.78. The van der Waals surface area contributed by atoms with Crippen molar-refractivity contribution in [3.05, 3.63) is 175 Å². The molecule has 1 aliphatic rings. The summed E-state index contributed by atoms with van der Waals surface area (Å²) in [5, 5.41) is 6.80. The molecular formula is C49H33NO2. The third kappa shape index (κ3) is 4.08. The lowest BCUT2D eigenvalue weighted by atomic mass is 9.82. The lowest BCUT2D eigenvalue weighted by Crippen LogP contribution is -2.17. The van der Waals surface area contributed by atoms with Gasteiger partial charge in [-0.1, -0.05) is 129 Å². The molecule has 0 N–H and O–H groups in total. The summed E-state index contributed by atoms with van der Waals surface area (Å²) >= 11 is 0. The third-order valence-electron chi connectivity index (χ3n) is 11.2. The minimum Gasteiger partial charge on any atom is -0.456 e. The van der Waals surface area contributed by atoms with Gasteiger partial charge in [0.2, 0.25) is 0 Å². The van der Waals surface area contributed by atoms with Crippen LogP contribution in [-0.2, 0) is 5.41 Å². The summed E-state index contributed by atoms with van der Waals surface area (Å²) in [5.41, 5.74) is 14.0. The Morgan fingerprint density at radius 2 is 1.08 bits per heavy atom. The number of nitrogens with zero attached hydrogens (tertiary/aromatic N) is 1. The van der Waals surface area contributed by atoms with Gasteiger partial charge in [0.05, 0.1) is 11.4 Å². The van der Waals surface area contributed by atoms with Crippen LogP contribution in [0, 0.1) is 0 Å². The lowest BCUT2D eigenvalue weighted by Gasteiger charge is -2.30. The fourth-order valence-electron chi connectivity index (χ4n) is 8.78. The average molecular weight is 668 g/mol. The summed E-state index contributed by atoms with van der Waals surface area (Å²) in [6, 6.07) is 58.7. The first-order valence-electron chi connectivity index (χ1n) is 17.9. The largest absolute Gasteiger partial charge is 0.456 e. The maximum atomic E-state index is 6.74. The molecule has 0 spiro atoms. The Morgan fingerprint density at radius 3 is 1.98 bits per heavy atom. The molecule has 1 aliphatic carbocycles. The van der Waals surface area contributed by atoms with Gasteiger partial charge in [0.1, 0.15) is 16.7 Å². The molecule has 3 nitrogen and oxygen atoms in total. The van der Waals surface area contributed by atoms with E-state index >= 15 is 0 Å². The molecule has 52 heavy (non-hydrogen) atoms. The number of hydrogen-bond acceptors (Lipinski definition) is 3. The zero-order valence-electron chi connectivity index (χ0n) is 28.9. The van der Waals surface area contributed by atoms with Gasteiger partial charge in [-0.3, -0.25) is 0 Å². The van der Waals surface area contributed by atoms with Crippen molar-refractivity contribution in [2.75, 3.05) is 4.90 Å². The van der Waals surface area contributed by atoms with Crippen LogP contribution in [0.2, 0.25) is 0 Å². The minimum atomic E-state index is -0.150. The predicted molar refractivity (Wildman–Crippen MR) is 216 cm³/mol. The van der Waals surface area contributed by atoms with Gasteiger partial charge in [0.25, 0.3) is 0 Å². The van der Waals surface area contributed by atoms with Crippen LogP contribution in [0.1, 0.15) is 25.0 Å². The Kier molecular flexibility index (Phi) is 6.01. The standard InChI is InChI=1S/C49H33NO2/c1-49(2)40-20-8-5-15-33(40)34-26-25-32(29-41(34)49)50(43-22-11-19-38-36-17-7-10-23-44(36)52-48(38)43)42-21-9-6-16-35(42)37-18-12-24-45-47(37)39-27-30-13-3-4-14-31(30)28-46(39)51-45/h3-29H,1-2H3. The first-order chi connectivity index (χ1) is 25.5. The average Bonchev–Trinajstić information content (AvgIpc) is 3.82. The number of hydrogen-bond donors (Lipinski definition) is 0. The maximum Gasteiger partial charge on any atom is 0.159 e. The number of fused-ring (bicyclic) bond motifs is 10. The quantitative estimate of drug-likeness (QED) is 0.187. The molecule has 0 amide bonds. The van der Waals surface area contributed by atoms with Crippen molar-refractivity contribution >= 4 is 71.7 Å². The Hall–Kier alpha value is -6.58. The topological polar surface area (TPSA) is 29.5 Å².